The molecule has 2 atom stereocenters. The SMILES string of the molecule is OC1CCCCC1Nc1nc(Br)cn2ccnc12. The van der Waals surface area contributed by atoms with E-state index in [9.17, 15) is 5.11 Å². The molecule has 18 heavy (non-hydrogen) atoms. The maximum Gasteiger partial charge on any atom is 0.180 e. The Morgan fingerprint density at radius 1 is 1.39 bits per heavy atom. The Morgan fingerprint density at radius 2 is 2.22 bits per heavy atom. The van der Waals surface area contributed by atoms with Crippen molar-refractivity contribution in [3.05, 3.63) is 23.2 Å². The van der Waals surface area contributed by atoms with Gasteiger partial charge in [-0.05, 0) is 28.8 Å². The Morgan fingerprint density at radius 3 is 3.06 bits per heavy atom. The van der Waals surface area contributed by atoms with Gasteiger partial charge in [-0.1, -0.05) is 12.8 Å². The van der Waals surface area contributed by atoms with Gasteiger partial charge in [0, 0.05) is 18.6 Å². The standard InChI is InChI=1S/C12H15BrN4O/c13-10-7-17-6-5-14-12(17)11(16-10)15-8-3-1-2-4-9(8)18/h5-9,18H,1-4H2,(H,15,16). The molecule has 2 heterocycles. The summed E-state index contributed by atoms with van der Waals surface area (Å²) >= 11 is 3.39. The summed E-state index contributed by atoms with van der Waals surface area (Å²) in [4.78, 5) is 8.70. The van der Waals surface area contributed by atoms with Gasteiger partial charge in [0.15, 0.2) is 11.5 Å². The van der Waals surface area contributed by atoms with Gasteiger partial charge >= 0.3 is 0 Å². The lowest BCUT2D eigenvalue weighted by Gasteiger charge is -2.28. The van der Waals surface area contributed by atoms with Gasteiger partial charge in [0.2, 0.25) is 0 Å². The molecule has 0 saturated heterocycles. The molecule has 3 rings (SSSR count). The lowest BCUT2D eigenvalue weighted by atomic mass is 9.93. The van der Waals surface area contributed by atoms with Crippen LogP contribution in [0.4, 0.5) is 5.82 Å². The van der Waals surface area contributed by atoms with E-state index in [4.69, 9.17) is 0 Å². The van der Waals surface area contributed by atoms with Crippen molar-refractivity contribution in [2.75, 3.05) is 5.32 Å². The predicted molar refractivity (Wildman–Crippen MR) is 72.6 cm³/mol. The highest BCUT2D eigenvalue weighted by atomic mass is 79.9. The minimum Gasteiger partial charge on any atom is -0.391 e. The molecule has 2 aromatic rings. The summed E-state index contributed by atoms with van der Waals surface area (Å²) in [6, 6.07) is 0.0704. The molecule has 0 bridgehead atoms. The van der Waals surface area contributed by atoms with Crippen LogP contribution in [0, 0.1) is 0 Å². The Hall–Kier alpha value is -1.14. The molecule has 1 aliphatic rings. The molecule has 0 radical (unpaired) electrons. The number of hydrogen-bond acceptors (Lipinski definition) is 4. The van der Waals surface area contributed by atoms with Crippen LogP contribution in [0.3, 0.4) is 0 Å². The maximum atomic E-state index is 9.99. The van der Waals surface area contributed by atoms with Gasteiger partial charge in [-0.25, -0.2) is 9.97 Å². The molecule has 0 aromatic carbocycles. The van der Waals surface area contributed by atoms with E-state index in [1.165, 1.54) is 0 Å². The second kappa shape index (κ2) is 4.85. The zero-order valence-corrected chi connectivity index (χ0v) is 11.5. The number of anilines is 1. The third kappa shape index (κ3) is 2.22. The maximum absolute atomic E-state index is 9.99. The second-order valence-electron chi connectivity index (χ2n) is 4.67. The van der Waals surface area contributed by atoms with E-state index < -0.39 is 0 Å². The van der Waals surface area contributed by atoms with E-state index in [0.717, 1.165) is 41.8 Å². The third-order valence-corrected chi connectivity index (χ3v) is 3.78. The third-order valence-electron chi connectivity index (χ3n) is 3.40. The number of rotatable bonds is 2. The summed E-state index contributed by atoms with van der Waals surface area (Å²) in [6.07, 6.45) is 9.27. The van der Waals surface area contributed by atoms with E-state index in [1.54, 1.807) is 6.20 Å². The highest BCUT2D eigenvalue weighted by molar-refractivity contribution is 9.10. The van der Waals surface area contributed by atoms with E-state index in [2.05, 4.69) is 31.2 Å². The van der Waals surface area contributed by atoms with E-state index >= 15 is 0 Å². The van der Waals surface area contributed by atoms with Crippen molar-refractivity contribution in [3.63, 3.8) is 0 Å². The molecule has 2 unspecified atom stereocenters. The number of hydrogen-bond donors (Lipinski definition) is 2. The predicted octanol–water partition coefficient (Wildman–Crippen LogP) is 2.21. The van der Waals surface area contributed by atoms with Gasteiger partial charge in [0.25, 0.3) is 0 Å². The van der Waals surface area contributed by atoms with Crippen LogP contribution < -0.4 is 5.32 Å². The first-order valence-electron chi connectivity index (χ1n) is 6.18. The molecule has 0 amide bonds. The van der Waals surface area contributed by atoms with Crippen LogP contribution in [0.1, 0.15) is 25.7 Å². The number of nitrogens with zero attached hydrogens (tertiary/aromatic N) is 3. The molecule has 5 nitrogen and oxygen atoms in total. The number of aromatic nitrogens is 3. The van der Waals surface area contributed by atoms with Gasteiger partial charge in [-0.3, -0.25) is 0 Å². The molecule has 0 aliphatic heterocycles. The first-order valence-corrected chi connectivity index (χ1v) is 6.97. The van der Waals surface area contributed by atoms with Crippen molar-refractivity contribution < 1.29 is 5.11 Å². The summed E-state index contributed by atoms with van der Waals surface area (Å²) in [7, 11) is 0. The number of imidazole rings is 1. The van der Waals surface area contributed by atoms with Crippen LogP contribution in [0.5, 0.6) is 0 Å². The van der Waals surface area contributed by atoms with Gasteiger partial charge in [-0.2, -0.15) is 0 Å². The largest absolute Gasteiger partial charge is 0.391 e. The zero-order chi connectivity index (χ0) is 12.5. The summed E-state index contributed by atoms with van der Waals surface area (Å²) in [5.41, 5.74) is 0.788. The second-order valence-corrected chi connectivity index (χ2v) is 5.49. The van der Waals surface area contributed by atoms with Crippen molar-refractivity contribution in [2.24, 2.45) is 0 Å². The van der Waals surface area contributed by atoms with Crippen molar-refractivity contribution >= 4 is 27.4 Å². The van der Waals surface area contributed by atoms with Gasteiger partial charge < -0.3 is 14.8 Å². The molecule has 1 fully saturated rings. The number of aliphatic hydroxyl groups excluding tert-OH is 1. The van der Waals surface area contributed by atoms with E-state index in [1.807, 2.05) is 16.8 Å². The number of halogens is 1. The number of nitrogens with one attached hydrogen (secondary N) is 1. The van der Waals surface area contributed by atoms with E-state index in [0.29, 0.717) is 0 Å². The van der Waals surface area contributed by atoms with Crippen LogP contribution >= 0.6 is 15.9 Å². The smallest absolute Gasteiger partial charge is 0.180 e. The average molecular weight is 311 g/mol. The summed E-state index contributed by atoms with van der Waals surface area (Å²) in [5.74, 6) is 0.723. The minimum atomic E-state index is -0.297. The lowest BCUT2D eigenvalue weighted by Crippen LogP contribution is -2.36. The lowest BCUT2D eigenvalue weighted by molar-refractivity contribution is 0.116. The fourth-order valence-electron chi connectivity index (χ4n) is 2.45. The molecule has 2 N–H and O–H groups in total. The van der Waals surface area contributed by atoms with E-state index in [-0.39, 0.29) is 12.1 Å². The van der Waals surface area contributed by atoms with Crippen LogP contribution in [0.15, 0.2) is 23.2 Å². The Labute approximate surface area is 113 Å². The van der Waals surface area contributed by atoms with Crippen molar-refractivity contribution in [1.29, 1.82) is 0 Å². The van der Waals surface area contributed by atoms with Gasteiger partial charge in [-0.15, -0.1) is 0 Å². The fourth-order valence-corrected chi connectivity index (χ4v) is 2.85. The molecular weight excluding hydrogens is 296 g/mol. The molecule has 96 valence electrons. The summed E-state index contributed by atoms with van der Waals surface area (Å²) < 4.78 is 2.66. The quantitative estimate of drug-likeness (QED) is 0.892. The first kappa shape index (κ1) is 11.9. The summed E-state index contributed by atoms with van der Waals surface area (Å²) in [6.45, 7) is 0. The fraction of sp³-hybridized carbons (Fsp3) is 0.500. The Balaban J connectivity index is 1.91. The normalized spacial score (nSPS) is 24.3. The van der Waals surface area contributed by atoms with Crippen LogP contribution in [0.25, 0.3) is 5.65 Å². The monoisotopic (exact) mass is 310 g/mol. The molecule has 0 spiro atoms. The van der Waals surface area contributed by atoms with Gasteiger partial charge in [0.1, 0.15) is 4.60 Å². The average Bonchev–Trinajstić information content (AvgIpc) is 2.80. The van der Waals surface area contributed by atoms with Crippen molar-refractivity contribution in [3.8, 4) is 0 Å². The molecule has 1 aliphatic carbocycles. The first-order chi connectivity index (χ1) is 8.74. The minimum absolute atomic E-state index is 0.0704. The number of fused-ring (bicyclic) bond motifs is 1. The number of aliphatic hydroxyl groups is 1. The van der Waals surface area contributed by atoms with Gasteiger partial charge in [0.05, 0.1) is 12.1 Å². The highest BCUT2D eigenvalue weighted by Crippen LogP contribution is 2.24. The topological polar surface area (TPSA) is 62.5 Å². The van der Waals surface area contributed by atoms with Crippen molar-refractivity contribution in [2.45, 2.75) is 37.8 Å². The summed E-state index contributed by atoms with van der Waals surface area (Å²) in [5, 5.41) is 13.3. The van der Waals surface area contributed by atoms with Crippen LogP contribution in [-0.4, -0.2) is 31.6 Å². The molecule has 2 aromatic heterocycles. The Kier molecular flexibility index (Phi) is 3.22. The molecule has 1 saturated carbocycles. The highest BCUT2D eigenvalue weighted by Gasteiger charge is 2.24. The van der Waals surface area contributed by atoms with Crippen LogP contribution in [0.2, 0.25) is 0 Å². The zero-order valence-electron chi connectivity index (χ0n) is 9.88. The van der Waals surface area contributed by atoms with Crippen LogP contribution in [-0.2, 0) is 0 Å². The Bertz CT molecular complexity index is 556. The molecular formula is C12H15BrN4O. The van der Waals surface area contributed by atoms with Crippen molar-refractivity contribution in [1.82, 2.24) is 14.4 Å². The molecule has 6 heteroatoms.